The van der Waals surface area contributed by atoms with Gasteiger partial charge in [-0.15, -0.1) is 0 Å². The number of halogens is 1. The van der Waals surface area contributed by atoms with Crippen LogP contribution < -0.4 is 5.56 Å². The zero-order valence-electron chi connectivity index (χ0n) is 11.2. The Balaban J connectivity index is 2.55. The molecule has 0 amide bonds. The predicted molar refractivity (Wildman–Crippen MR) is 72.7 cm³/mol. The maximum absolute atomic E-state index is 12.9. The van der Waals surface area contributed by atoms with Crippen molar-refractivity contribution >= 4 is 5.97 Å². The van der Waals surface area contributed by atoms with Gasteiger partial charge in [-0.05, 0) is 30.3 Å². The van der Waals surface area contributed by atoms with Crippen molar-refractivity contribution in [1.29, 1.82) is 0 Å². The smallest absolute Gasteiger partial charge is 0.341 e. The van der Waals surface area contributed by atoms with Crippen molar-refractivity contribution in [2.45, 2.75) is 6.54 Å². The standard InChI is InChI=1S/C14H13FN2O4/c1-21-7-6-17-13(18)11(14(19)20)8-12(16-17)9-2-4-10(15)5-3-9/h2-5,8H,6-7H2,1H3,(H,19,20). The van der Waals surface area contributed by atoms with Gasteiger partial charge in [0.2, 0.25) is 0 Å². The molecule has 21 heavy (non-hydrogen) atoms. The van der Waals surface area contributed by atoms with E-state index in [9.17, 15) is 14.0 Å². The Hall–Kier alpha value is -2.54. The third-order valence-corrected chi connectivity index (χ3v) is 2.85. The molecule has 2 aromatic rings. The second-order valence-corrected chi connectivity index (χ2v) is 4.28. The third-order valence-electron chi connectivity index (χ3n) is 2.85. The second-order valence-electron chi connectivity index (χ2n) is 4.28. The first-order chi connectivity index (χ1) is 10.0. The van der Waals surface area contributed by atoms with Crippen molar-refractivity contribution < 1.29 is 19.0 Å². The van der Waals surface area contributed by atoms with Gasteiger partial charge < -0.3 is 9.84 Å². The van der Waals surface area contributed by atoms with Crippen molar-refractivity contribution in [3.05, 3.63) is 52.1 Å². The Morgan fingerprint density at radius 1 is 1.38 bits per heavy atom. The lowest BCUT2D eigenvalue weighted by atomic mass is 10.1. The fourth-order valence-electron chi connectivity index (χ4n) is 1.79. The van der Waals surface area contributed by atoms with Gasteiger partial charge >= 0.3 is 5.97 Å². The van der Waals surface area contributed by atoms with Gasteiger partial charge in [0, 0.05) is 12.7 Å². The summed E-state index contributed by atoms with van der Waals surface area (Å²) in [5.74, 6) is -1.75. The number of aromatic nitrogens is 2. The molecule has 0 spiro atoms. The van der Waals surface area contributed by atoms with Crippen molar-refractivity contribution in [2.75, 3.05) is 13.7 Å². The molecule has 0 aliphatic rings. The van der Waals surface area contributed by atoms with Crippen LogP contribution >= 0.6 is 0 Å². The average molecular weight is 292 g/mol. The molecule has 0 aliphatic heterocycles. The lowest BCUT2D eigenvalue weighted by molar-refractivity contribution is 0.0693. The van der Waals surface area contributed by atoms with Crippen LogP contribution in [0.2, 0.25) is 0 Å². The van der Waals surface area contributed by atoms with E-state index < -0.39 is 17.3 Å². The first-order valence-electron chi connectivity index (χ1n) is 6.13. The summed E-state index contributed by atoms with van der Waals surface area (Å²) in [6, 6.07) is 6.59. The Morgan fingerprint density at radius 2 is 2.05 bits per heavy atom. The minimum atomic E-state index is -1.34. The van der Waals surface area contributed by atoms with Gasteiger partial charge in [0.1, 0.15) is 11.4 Å². The summed E-state index contributed by atoms with van der Waals surface area (Å²) in [4.78, 5) is 23.1. The number of benzene rings is 1. The fourth-order valence-corrected chi connectivity index (χ4v) is 1.79. The van der Waals surface area contributed by atoms with E-state index in [1.54, 1.807) is 0 Å². The van der Waals surface area contributed by atoms with Gasteiger partial charge in [0.25, 0.3) is 5.56 Å². The Kier molecular flexibility index (Phi) is 4.44. The van der Waals surface area contributed by atoms with Crippen LogP contribution in [0.15, 0.2) is 35.1 Å². The summed E-state index contributed by atoms with van der Waals surface area (Å²) in [6.07, 6.45) is 0. The van der Waals surface area contributed by atoms with Crippen LogP contribution in [0.4, 0.5) is 4.39 Å². The second kappa shape index (κ2) is 6.27. The van der Waals surface area contributed by atoms with Crippen molar-refractivity contribution in [3.8, 4) is 11.3 Å². The van der Waals surface area contributed by atoms with Crippen molar-refractivity contribution in [2.24, 2.45) is 0 Å². The Bertz CT molecular complexity index is 710. The molecule has 6 nitrogen and oxygen atoms in total. The van der Waals surface area contributed by atoms with Crippen molar-refractivity contribution in [3.63, 3.8) is 0 Å². The Labute approximate surface area is 119 Å². The van der Waals surface area contributed by atoms with Crippen LogP contribution in [-0.4, -0.2) is 34.6 Å². The molecule has 7 heteroatoms. The molecule has 0 unspecified atom stereocenters. The molecule has 110 valence electrons. The zero-order valence-corrected chi connectivity index (χ0v) is 11.2. The molecule has 1 aromatic carbocycles. The molecule has 1 aromatic heterocycles. The van der Waals surface area contributed by atoms with Gasteiger partial charge in [0.05, 0.1) is 18.8 Å². The molecule has 1 heterocycles. The zero-order chi connectivity index (χ0) is 15.4. The van der Waals surface area contributed by atoms with Gasteiger partial charge in [-0.1, -0.05) is 0 Å². The monoisotopic (exact) mass is 292 g/mol. The fraction of sp³-hybridized carbons (Fsp3) is 0.214. The Morgan fingerprint density at radius 3 is 2.62 bits per heavy atom. The van der Waals surface area contributed by atoms with E-state index in [4.69, 9.17) is 9.84 Å². The van der Waals surface area contributed by atoms with E-state index in [-0.39, 0.29) is 24.4 Å². The summed E-state index contributed by atoms with van der Waals surface area (Å²) in [5.41, 5.74) is -0.293. The highest BCUT2D eigenvalue weighted by Crippen LogP contribution is 2.17. The molecular weight excluding hydrogens is 279 g/mol. The van der Waals surface area contributed by atoms with Gasteiger partial charge in [-0.25, -0.2) is 13.9 Å². The van der Waals surface area contributed by atoms with E-state index in [0.29, 0.717) is 5.56 Å². The molecule has 2 rings (SSSR count). The highest BCUT2D eigenvalue weighted by molar-refractivity contribution is 5.88. The van der Waals surface area contributed by atoms with E-state index in [2.05, 4.69) is 5.10 Å². The molecule has 0 saturated carbocycles. The topological polar surface area (TPSA) is 81.4 Å². The molecule has 0 aliphatic carbocycles. The summed E-state index contributed by atoms with van der Waals surface area (Å²) in [7, 11) is 1.47. The highest BCUT2D eigenvalue weighted by Gasteiger charge is 2.15. The molecular formula is C14H13FN2O4. The van der Waals surface area contributed by atoms with Gasteiger partial charge in [-0.2, -0.15) is 5.10 Å². The molecule has 0 radical (unpaired) electrons. The number of methoxy groups -OCH3 is 1. The number of rotatable bonds is 5. The number of aromatic carboxylic acids is 1. The lowest BCUT2D eigenvalue weighted by Crippen LogP contribution is -2.30. The third kappa shape index (κ3) is 3.32. The summed E-state index contributed by atoms with van der Waals surface area (Å²) in [5, 5.41) is 13.2. The quantitative estimate of drug-likeness (QED) is 0.900. The van der Waals surface area contributed by atoms with Crippen LogP contribution in [0.5, 0.6) is 0 Å². The number of hydrogen-bond acceptors (Lipinski definition) is 4. The van der Waals surface area contributed by atoms with E-state index >= 15 is 0 Å². The highest BCUT2D eigenvalue weighted by atomic mass is 19.1. The maximum atomic E-state index is 12.9. The van der Waals surface area contributed by atoms with Crippen LogP contribution in [-0.2, 0) is 11.3 Å². The van der Waals surface area contributed by atoms with Gasteiger partial charge in [0.15, 0.2) is 0 Å². The van der Waals surface area contributed by atoms with Crippen LogP contribution in [0, 0.1) is 5.82 Å². The first kappa shape index (κ1) is 14.9. The predicted octanol–water partition coefficient (Wildman–Crippen LogP) is 1.39. The summed E-state index contributed by atoms with van der Waals surface area (Å²) in [6.45, 7) is 0.351. The molecule has 0 fully saturated rings. The van der Waals surface area contributed by atoms with E-state index in [1.165, 1.54) is 37.4 Å². The summed E-state index contributed by atoms with van der Waals surface area (Å²) >= 11 is 0. The van der Waals surface area contributed by atoms with E-state index in [1.807, 2.05) is 0 Å². The average Bonchev–Trinajstić information content (AvgIpc) is 2.47. The molecule has 0 atom stereocenters. The van der Waals surface area contributed by atoms with Crippen molar-refractivity contribution in [1.82, 2.24) is 9.78 Å². The molecule has 1 N–H and O–H groups in total. The normalized spacial score (nSPS) is 10.6. The van der Waals surface area contributed by atoms with Gasteiger partial charge in [-0.3, -0.25) is 4.79 Å². The first-order valence-corrected chi connectivity index (χ1v) is 6.13. The van der Waals surface area contributed by atoms with Crippen LogP contribution in [0.3, 0.4) is 0 Å². The van der Waals surface area contributed by atoms with Crippen LogP contribution in [0.1, 0.15) is 10.4 Å². The number of nitrogens with zero attached hydrogens (tertiary/aromatic N) is 2. The number of carbonyl (C=O) groups is 1. The van der Waals surface area contributed by atoms with E-state index in [0.717, 1.165) is 4.68 Å². The van der Waals surface area contributed by atoms with Crippen LogP contribution in [0.25, 0.3) is 11.3 Å². The lowest BCUT2D eigenvalue weighted by Gasteiger charge is -2.08. The largest absolute Gasteiger partial charge is 0.477 e. The number of hydrogen-bond donors (Lipinski definition) is 1. The minimum Gasteiger partial charge on any atom is -0.477 e. The summed E-state index contributed by atoms with van der Waals surface area (Å²) < 4.78 is 18.8. The molecule has 0 saturated heterocycles. The number of carboxylic acid groups (broad SMARTS) is 1. The SMILES string of the molecule is COCCn1nc(-c2ccc(F)cc2)cc(C(=O)O)c1=O. The molecule has 0 bridgehead atoms. The number of ether oxygens (including phenoxy) is 1. The minimum absolute atomic E-state index is 0.130. The maximum Gasteiger partial charge on any atom is 0.341 e. The number of carboxylic acids is 1.